The predicted molar refractivity (Wildman–Crippen MR) is 89.9 cm³/mol. The second-order valence-electron chi connectivity index (χ2n) is 5.33. The van der Waals surface area contributed by atoms with Crippen molar-refractivity contribution in [1.82, 2.24) is 5.32 Å². The maximum Gasteiger partial charge on any atom is 0.333 e. The van der Waals surface area contributed by atoms with Crippen molar-refractivity contribution in [2.75, 3.05) is 0 Å². The number of aryl methyl sites for hydroxylation is 1. The quantitative estimate of drug-likeness (QED) is 0.520. The van der Waals surface area contributed by atoms with Crippen LogP contribution in [0.4, 0.5) is 4.39 Å². The lowest BCUT2D eigenvalue weighted by Gasteiger charge is -2.12. The van der Waals surface area contributed by atoms with Gasteiger partial charge in [-0.25, -0.2) is 9.18 Å². The van der Waals surface area contributed by atoms with Crippen LogP contribution < -0.4 is 10.1 Å². The molecule has 1 atom stereocenters. The van der Waals surface area contributed by atoms with Gasteiger partial charge in [-0.1, -0.05) is 48.0 Å². The normalized spacial score (nSPS) is 12.4. The summed E-state index contributed by atoms with van der Waals surface area (Å²) in [4.78, 5) is 23.7. The number of halogens is 1. The van der Waals surface area contributed by atoms with Crippen LogP contribution in [-0.4, -0.2) is 17.9 Å². The third-order valence-corrected chi connectivity index (χ3v) is 3.25. The Hall–Kier alpha value is -2.95. The maximum atomic E-state index is 13.9. The lowest BCUT2D eigenvalue weighted by Crippen LogP contribution is -2.40. The summed E-state index contributed by atoms with van der Waals surface area (Å²) in [6.45, 7) is 3.35. The van der Waals surface area contributed by atoms with E-state index >= 15 is 0 Å². The lowest BCUT2D eigenvalue weighted by atomic mass is 10.1. The fraction of sp³-hybridized carbons (Fsp3) is 0.158. The molecular weight excluding hydrogens is 309 g/mol. The van der Waals surface area contributed by atoms with E-state index in [1.54, 1.807) is 42.5 Å². The average molecular weight is 327 g/mol. The van der Waals surface area contributed by atoms with E-state index in [-0.39, 0.29) is 0 Å². The third kappa shape index (κ3) is 5.05. The molecule has 0 heterocycles. The molecule has 5 heteroatoms. The molecule has 0 unspecified atom stereocenters. The standard InChI is InChI=1S/C19H18FNO3/c1-13-8-10-15(11-9-13)12-17(20)18(22)21-14(2)19(23)24-16-6-4-3-5-7-16/h3-12,14H,1-2H3,(H,21,22)/t14-/m0/s1. The maximum absolute atomic E-state index is 13.9. The number of nitrogens with one attached hydrogen (secondary N) is 1. The largest absolute Gasteiger partial charge is 0.425 e. The Bertz CT molecular complexity index is 739. The molecule has 0 aromatic heterocycles. The minimum Gasteiger partial charge on any atom is -0.425 e. The average Bonchev–Trinajstić information content (AvgIpc) is 2.57. The highest BCUT2D eigenvalue weighted by molar-refractivity contribution is 5.97. The summed E-state index contributed by atoms with van der Waals surface area (Å²) >= 11 is 0. The van der Waals surface area contributed by atoms with Crippen LogP contribution in [0, 0.1) is 6.92 Å². The van der Waals surface area contributed by atoms with Gasteiger partial charge in [0.05, 0.1) is 0 Å². The number of esters is 1. The number of carbonyl (C=O) groups is 2. The van der Waals surface area contributed by atoms with Crippen molar-refractivity contribution >= 4 is 18.0 Å². The van der Waals surface area contributed by atoms with Gasteiger partial charge in [0.25, 0.3) is 5.91 Å². The van der Waals surface area contributed by atoms with Crippen molar-refractivity contribution < 1.29 is 18.7 Å². The molecule has 2 aromatic carbocycles. The molecule has 0 fully saturated rings. The van der Waals surface area contributed by atoms with Crippen molar-refractivity contribution in [1.29, 1.82) is 0 Å². The van der Waals surface area contributed by atoms with Gasteiger partial charge in [-0.2, -0.15) is 0 Å². The Morgan fingerprint density at radius 2 is 1.71 bits per heavy atom. The second-order valence-corrected chi connectivity index (χ2v) is 5.33. The highest BCUT2D eigenvalue weighted by Crippen LogP contribution is 2.11. The molecule has 2 aromatic rings. The van der Waals surface area contributed by atoms with Crippen LogP contribution in [0.5, 0.6) is 5.75 Å². The zero-order valence-electron chi connectivity index (χ0n) is 13.5. The van der Waals surface area contributed by atoms with Gasteiger partial charge in [0, 0.05) is 0 Å². The van der Waals surface area contributed by atoms with Gasteiger partial charge in [-0.15, -0.1) is 0 Å². The summed E-state index contributed by atoms with van der Waals surface area (Å²) < 4.78 is 19.0. The molecule has 24 heavy (non-hydrogen) atoms. The summed E-state index contributed by atoms with van der Waals surface area (Å²) in [5.74, 6) is -2.25. The van der Waals surface area contributed by atoms with Crippen molar-refractivity contribution in [3.8, 4) is 5.75 Å². The van der Waals surface area contributed by atoms with Gasteiger partial charge < -0.3 is 10.1 Å². The van der Waals surface area contributed by atoms with Gasteiger partial charge in [0.15, 0.2) is 5.83 Å². The summed E-state index contributed by atoms with van der Waals surface area (Å²) in [6, 6.07) is 14.5. The molecule has 1 amide bonds. The highest BCUT2D eigenvalue weighted by atomic mass is 19.1. The van der Waals surface area contributed by atoms with Gasteiger partial charge >= 0.3 is 5.97 Å². The van der Waals surface area contributed by atoms with E-state index in [4.69, 9.17) is 4.74 Å². The fourth-order valence-electron chi connectivity index (χ4n) is 1.89. The van der Waals surface area contributed by atoms with Crippen molar-refractivity contribution in [3.05, 3.63) is 71.6 Å². The topological polar surface area (TPSA) is 55.4 Å². The van der Waals surface area contributed by atoms with Gasteiger partial charge in [-0.3, -0.25) is 4.79 Å². The molecule has 4 nitrogen and oxygen atoms in total. The van der Waals surface area contributed by atoms with E-state index in [1.807, 2.05) is 19.1 Å². The Kier molecular flexibility index (Phi) is 5.84. The van der Waals surface area contributed by atoms with Crippen LogP contribution in [0.2, 0.25) is 0 Å². The number of benzene rings is 2. The molecular formula is C19H18FNO3. The highest BCUT2D eigenvalue weighted by Gasteiger charge is 2.20. The molecule has 0 saturated carbocycles. The third-order valence-electron chi connectivity index (χ3n) is 3.25. The number of ether oxygens (including phenoxy) is 1. The van der Waals surface area contributed by atoms with E-state index in [2.05, 4.69) is 5.32 Å². The summed E-state index contributed by atoms with van der Waals surface area (Å²) in [5.41, 5.74) is 1.60. The van der Waals surface area contributed by atoms with Crippen LogP contribution in [0.15, 0.2) is 60.4 Å². The molecule has 0 spiro atoms. The SMILES string of the molecule is Cc1ccc(C=C(F)C(=O)N[C@@H](C)C(=O)Oc2ccccc2)cc1. The Balaban J connectivity index is 1.95. The molecule has 1 N–H and O–H groups in total. The Morgan fingerprint density at radius 3 is 2.33 bits per heavy atom. The molecule has 0 aliphatic carbocycles. The van der Waals surface area contributed by atoms with Crippen molar-refractivity contribution in [2.45, 2.75) is 19.9 Å². The molecule has 0 aliphatic heterocycles. The predicted octanol–water partition coefficient (Wildman–Crippen LogP) is 3.42. The molecule has 0 radical (unpaired) electrons. The molecule has 2 rings (SSSR count). The minimum absolute atomic E-state index is 0.360. The smallest absolute Gasteiger partial charge is 0.333 e. The van der Waals surface area contributed by atoms with Crippen molar-refractivity contribution in [2.24, 2.45) is 0 Å². The fourth-order valence-corrected chi connectivity index (χ4v) is 1.89. The van der Waals surface area contributed by atoms with Crippen LogP contribution in [-0.2, 0) is 9.59 Å². The number of rotatable bonds is 5. The number of carbonyl (C=O) groups excluding carboxylic acids is 2. The first-order valence-corrected chi connectivity index (χ1v) is 7.47. The molecule has 0 saturated heterocycles. The minimum atomic E-state index is -0.977. The van der Waals surface area contributed by atoms with E-state index in [9.17, 15) is 14.0 Å². The van der Waals surface area contributed by atoms with Gasteiger partial charge in [0.2, 0.25) is 0 Å². The number of para-hydroxylation sites is 1. The van der Waals surface area contributed by atoms with Crippen LogP contribution in [0.3, 0.4) is 0 Å². The molecule has 0 bridgehead atoms. The van der Waals surface area contributed by atoms with Crippen LogP contribution in [0.25, 0.3) is 6.08 Å². The summed E-state index contributed by atoms with van der Waals surface area (Å²) in [6.07, 6.45) is 1.12. The van der Waals surface area contributed by atoms with Crippen molar-refractivity contribution in [3.63, 3.8) is 0 Å². The first-order chi connectivity index (χ1) is 11.5. The number of hydrogen-bond donors (Lipinski definition) is 1. The van der Waals surface area contributed by atoms with E-state index in [0.29, 0.717) is 11.3 Å². The monoisotopic (exact) mass is 327 g/mol. The second kappa shape index (κ2) is 8.06. The molecule has 0 aliphatic rings. The Labute approximate surface area is 140 Å². The van der Waals surface area contributed by atoms with Crippen LogP contribution in [0.1, 0.15) is 18.1 Å². The lowest BCUT2D eigenvalue weighted by molar-refractivity contribution is -0.138. The zero-order chi connectivity index (χ0) is 17.5. The van der Waals surface area contributed by atoms with Crippen LogP contribution >= 0.6 is 0 Å². The number of amides is 1. The Morgan fingerprint density at radius 1 is 1.08 bits per heavy atom. The first-order valence-electron chi connectivity index (χ1n) is 7.47. The van der Waals surface area contributed by atoms with E-state index < -0.39 is 23.7 Å². The number of hydrogen-bond acceptors (Lipinski definition) is 3. The van der Waals surface area contributed by atoms with E-state index in [0.717, 1.165) is 11.6 Å². The first kappa shape index (κ1) is 17.4. The molecule has 124 valence electrons. The zero-order valence-corrected chi connectivity index (χ0v) is 13.5. The van der Waals surface area contributed by atoms with E-state index in [1.165, 1.54) is 6.92 Å². The summed E-state index contributed by atoms with van der Waals surface area (Å²) in [5, 5.41) is 2.27. The van der Waals surface area contributed by atoms with Gasteiger partial charge in [-0.05, 0) is 37.6 Å². The van der Waals surface area contributed by atoms with Gasteiger partial charge in [0.1, 0.15) is 11.8 Å². The summed E-state index contributed by atoms with van der Waals surface area (Å²) in [7, 11) is 0.